The molecular weight excluding hydrogens is 266 g/mol. The number of rotatable bonds is 6. The molecule has 0 unspecified atom stereocenters. The predicted octanol–water partition coefficient (Wildman–Crippen LogP) is 0.403. The molecule has 0 radical (unpaired) electrons. The molecule has 0 atom stereocenters. The summed E-state index contributed by atoms with van der Waals surface area (Å²) < 4.78 is 1.88. The Morgan fingerprint density at radius 2 is 2.05 bits per heavy atom. The van der Waals surface area contributed by atoms with Gasteiger partial charge in [0.2, 0.25) is 5.91 Å². The number of carbonyl (C=O) groups excluding carboxylic acids is 1. The van der Waals surface area contributed by atoms with Gasteiger partial charge in [0.05, 0.1) is 12.0 Å². The number of hydrogen-bond acceptors (Lipinski definition) is 4. The van der Waals surface area contributed by atoms with Crippen molar-refractivity contribution in [3.8, 4) is 0 Å². The van der Waals surface area contributed by atoms with Crippen LogP contribution >= 0.6 is 0 Å². The predicted molar refractivity (Wildman–Crippen MR) is 82.8 cm³/mol. The van der Waals surface area contributed by atoms with Crippen molar-refractivity contribution in [3.05, 3.63) is 18.2 Å². The molecule has 0 aromatic carbocycles. The largest absolute Gasteiger partial charge is 0.339 e. The van der Waals surface area contributed by atoms with Gasteiger partial charge in [-0.1, -0.05) is 13.8 Å². The van der Waals surface area contributed by atoms with Crippen LogP contribution in [0, 0.1) is 5.92 Å². The highest BCUT2D eigenvalue weighted by Gasteiger charge is 2.19. The van der Waals surface area contributed by atoms with E-state index >= 15 is 0 Å². The van der Waals surface area contributed by atoms with E-state index in [0.717, 1.165) is 45.0 Å². The van der Waals surface area contributed by atoms with E-state index in [9.17, 15) is 4.79 Å². The average molecular weight is 293 g/mol. The lowest BCUT2D eigenvalue weighted by Crippen LogP contribution is -2.48. The second-order valence-electron chi connectivity index (χ2n) is 6.25. The zero-order valence-electron chi connectivity index (χ0n) is 13.4. The van der Waals surface area contributed by atoms with Crippen LogP contribution in [0.3, 0.4) is 0 Å². The Labute approximate surface area is 127 Å². The number of imidazole rings is 1. The third-order valence-electron chi connectivity index (χ3n) is 3.72. The lowest BCUT2D eigenvalue weighted by atomic mass is 10.2. The minimum atomic E-state index is 0.183. The Morgan fingerprint density at radius 3 is 2.71 bits per heavy atom. The van der Waals surface area contributed by atoms with Crippen molar-refractivity contribution in [2.24, 2.45) is 5.92 Å². The van der Waals surface area contributed by atoms with E-state index in [1.807, 2.05) is 15.7 Å². The van der Waals surface area contributed by atoms with E-state index in [-0.39, 0.29) is 5.91 Å². The van der Waals surface area contributed by atoms with Crippen molar-refractivity contribution in [1.82, 2.24) is 24.7 Å². The fraction of sp³-hybridized carbons (Fsp3) is 0.733. The van der Waals surface area contributed by atoms with Crippen molar-refractivity contribution >= 4 is 5.91 Å². The summed E-state index contributed by atoms with van der Waals surface area (Å²) in [7, 11) is 2.09. The number of carbonyl (C=O) groups is 1. The first-order valence-electron chi connectivity index (χ1n) is 7.72. The van der Waals surface area contributed by atoms with Crippen LogP contribution in [-0.2, 0) is 17.9 Å². The van der Waals surface area contributed by atoms with Gasteiger partial charge in [0.1, 0.15) is 6.54 Å². The van der Waals surface area contributed by atoms with E-state index in [2.05, 4.69) is 36.1 Å². The fourth-order valence-electron chi connectivity index (χ4n) is 2.39. The number of aromatic nitrogens is 2. The maximum Gasteiger partial charge on any atom is 0.242 e. The Hall–Kier alpha value is -1.40. The smallest absolute Gasteiger partial charge is 0.242 e. The van der Waals surface area contributed by atoms with Crippen molar-refractivity contribution in [2.75, 3.05) is 39.8 Å². The first-order valence-corrected chi connectivity index (χ1v) is 7.72. The molecule has 118 valence electrons. The first-order chi connectivity index (χ1) is 10.0. The zero-order chi connectivity index (χ0) is 15.2. The van der Waals surface area contributed by atoms with Crippen molar-refractivity contribution in [3.63, 3.8) is 0 Å². The summed E-state index contributed by atoms with van der Waals surface area (Å²) >= 11 is 0. The second-order valence-corrected chi connectivity index (χ2v) is 6.25. The fourth-order valence-corrected chi connectivity index (χ4v) is 2.39. The van der Waals surface area contributed by atoms with E-state index in [0.29, 0.717) is 12.5 Å². The number of nitrogens with zero attached hydrogens (tertiary/aromatic N) is 4. The van der Waals surface area contributed by atoms with Crippen LogP contribution in [0.2, 0.25) is 0 Å². The van der Waals surface area contributed by atoms with Crippen molar-refractivity contribution in [2.45, 2.75) is 26.9 Å². The molecule has 0 saturated carbocycles. The highest BCUT2D eigenvalue weighted by molar-refractivity contribution is 5.76. The molecule has 1 saturated heterocycles. The molecule has 1 aliphatic rings. The van der Waals surface area contributed by atoms with Crippen LogP contribution in [0.1, 0.15) is 19.5 Å². The van der Waals surface area contributed by atoms with Gasteiger partial charge in [0.25, 0.3) is 0 Å². The first kappa shape index (κ1) is 16.0. The lowest BCUT2D eigenvalue weighted by molar-refractivity contribution is -0.133. The van der Waals surface area contributed by atoms with Crippen LogP contribution in [0.5, 0.6) is 0 Å². The second kappa shape index (κ2) is 7.56. The number of nitrogens with one attached hydrogen (secondary N) is 1. The number of hydrogen-bond donors (Lipinski definition) is 1. The molecule has 1 aliphatic heterocycles. The van der Waals surface area contributed by atoms with Gasteiger partial charge in [0.15, 0.2) is 0 Å². The van der Waals surface area contributed by atoms with Gasteiger partial charge in [-0.2, -0.15) is 0 Å². The van der Waals surface area contributed by atoms with E-state index in [1.54, 1.807) is 6.33 Å². The molecule has 0 spiro atoms. The number of amides is 1. The van der Waals surface area contributed by atoms with Gasteiger partial charge in [0, 0.05) is 38.9 Å². The topological polar surface area (TPSA) is 53.4 Å². The Bertz CT molecular complexity index is 449. The van der Waals surface area contributed by atoms with Crippen molar-refractivity contribution < 1.29 is 4.79 Å². The van der Waals surface area contributed by atoms with E-state index in [1.165, 1.54) is 0 Å². The van der Waals surface area contributed by atoms with Crippen LogP contribution in [0.4, 0.5) is 0 Å². The van der Waals surface area contributed by atoms with E-state index in [4.69, 9.17) is 0 Å². The third-order valence-corrected chi connectivity index (χ3v) is 3.72. The maximum atomic E-state index is 12.2. The number of likely N-dealkylation sites (N-methyl/N-ethyl adjacent to an activating group) is 1. The van der Waals surface area contributed by atoms with Gasteiger partial charge in [-0.25, -0.2) is 4.98 Å². The molecule has 1 amide bonds. The van der Waals surface area contributed by atoms with Gasteiger partial charge in [-0.15, -0.1) is 0 Å². The Balaban J connectivity index is 1.77. The van der Waals surface area contributed by atoms with Crippen molar-refractivity contribution in [1.29, 1.82) is 0 Å². The normalized spacial score (nSPS) is 16.7. The molecule has 1 aromatic rings. The van der Waals surface area contributed by atoms with Gasteiger partial charge in [-0.05, 0) is 19.5 Å². The molecule has 1 aromatic heterocycles. The quantitative estimate of drug-likeness (QED) is 0.825. The summed E-state index contributed by atoms with van der Waals surface area (Å²) in [5.74, 6) is 0.813. The molecule has 21 heavy (non-hydrogen) atoms. The number of piperazine rings is 1. The van der Waals surface area contributed by atoms with Crippen LogP contribution < -0.4 is 5.32 Å². The van der Waals surface area contributed by atoms with Crippen LogP contribution in [-0.4, -0.2) is 65.0 Å². The molecular formula is C15H27N5O. The summed E-state index contributed by atoms with van der Waals surface area (Å²) in [6.45, 7) is 10.1. The van der Waals surface area contributed by atoms with Gasteiger partial charge >= 0.3 is 0 Å². The van der Waals surface area contributed by atoms with E-state index < -0.39 is 0 Å². The Morgan fingerprint density at radius 1 is 1.33 bits per heavy atom. The zero-order valence-corrected chi connectivity index (χ0v) is 13.4. The molecule has 1 fully saturated rings. The summed E-state index contributed by atoms with van der Waals surface area (Å²) in [5.41, 5.74) is 0.988. The molecule has 2 heterocycles. The average Bonchev–Trinajstić information content (AvgIpc) is 2.86. The molecule has 2 rings (SSSR count). The molecule has 1 N–H and O–H groups in total. The van der Waals surface area contributed by atoms with Crippen LogP contribution in [0.25, 0.3) is 0 Å². The molecule has 0 bridgehead atoms. The molecule has 0 aliphatic carbocycles. The molecule has 6 nitrogen and oxygen atoms in total. The lowest BCUT2D eigenvalue weighted by Gasteiger charge is -2.32. The summed E-state index contributed by atoms with van der Waals surface area (Å²) in [5, 5.41) is 3.36. The van der Waals surface area contributed by atoms with Gasteiger partial charge < -0.3 is 19.7 Å². The Kier molecular flexibility index (Phi) is 5.76. The summed E-state index contributed by atoms with van der Waals surface area (Å²) in [6, 6.07) is 0. The van der Waals surface area contributed by atoms with Gasteiger partial charge in [-0.3, -0.25) is 4.79 Å². The van der Waals surface area contributed by atoms with Crippen LogP contribution in [0.15, 0.2) is 12.5 Å². The standard InChI is InChI=1S/C15H27N5O/c1-13(2)8-16-9-14-10-19(12-17-14)11-15(21)20-6-4-18(3)5-7-20/h10,12-13,16H,4-9,11H2,1-3H3. The monoisotopic (exact) mass is 293 g/mol. The highest BCUT2D eigenvalue weighted by atomic mass is 16.2. The molecule has 6 heteroatoms. The minimum absolute atomic E-state index is 0.183. The summed E-state index contributed by atoms with van der Waals surface area (Å²) in [4.78, 5) is 20.8. The third kappa shape index (κ3) is 5.13. The maximum absolute atomic E-state index is 12.2. The summed E-state index contributed by atoms with van der Waals surface area (Å²) in [6.07, 6.45) is 3.71. The highest BCUT2D eigenvalue weighted by Crippen LogP contribution is 2.03. The SMILES string of the molecule is CC(C)CNCc1cn(CC(=O)N2CCN(C)CC2)cn1. The minimum Gasteiger partial charge on any atom is -0.339 e.